The third-order valence-electron chi connectivity index (χ3n) is 4.35. The summed E-state index contributed by atoms with van der Waals surface area (Å²) in [5.74, 6) is -1.52. The van der Waals surface area contributed by atoms with Crippen LogP contribution in [0.25, 0.3) is 0 Å². The minimum absolute atomic E-state index is 0.0770. The van der Waals surface area contributed by atoms with E-state index < -0.39 is 30.1 Å². The third-order valence-corrected chi connectivity index (χ3v) is 4.35. The molecule has 1 aliphatic heterocycles. The summed E-state index contributed by atoms with van der Waals surface area (Å²) in [4.78, 5) is 37.6. The molecule has 138 valence electrons. The number of nitrogens with zero attached hydrogens (tertiary/aromatic N) is 2. The molecule has 8 heteroatoms. The maximum absolute atomic E-state index is 12.6. The number of hydrogen-bond acceptors (Lipinski definition) is 6. The first kappa shape index (κ1) is 19.4. The van der Waals surface area contributed by atoms with Crippen LogP contribution in [0.1, 0.15) is 24.5 Å². The highest BCUT2D eigenvalue weighted by Crippen LogP contribution is 2.19. The molecule has 2 N–H and O–H groups in total. The molecule has 1 fully saturated rings. The first-order valence-corrected chi connectivity index (χ1v) is 8.18. The average Bonchev–Trinajstić information content (AvgIpc) is 3.03. The van der Waals surface area contributed by atoms with Crippen molar-refractivity contribution in [2.75, 3.05) is 13.7 Å². The van der Waals surface area contributed by atoms with Crippen molar-refractivity contribution in [3.8, 4) is 6.07 Å². The second-order valence-electron chi connectivity index (χ2n) is 6.13. The number of aliphatic hydroxyl groups is 1. The lowest BCUT2D eigenvalue weighted by molar-refractivity contribution is -0.146. The predicted molar refractivity (Wildman–Crippen MR) is 90.6 cm³/mol. The fourth-order valence-electron chi connectivity index (χ4n) is 3.04. The number of nitrogens with one attached hydrogen (secondary N) is 1. The molecular formula is C18H21N3O5. The van der Waals surface area contributed by atoms with Crippen LogP contribution in [0.2, 0.25) is 0 Å². The first-order valence-electron chi connectivity index (χ1n) is 8.18. The lowest BCUT2D eigenvalue weighted by Gasteiger charge is -2.24. The molecule has 1 aromatic rings. The van der Waals surface area contributed by atoms with Gasteiger partial charge in [-0.05, 0) is 11.6 Å². The van der Waals surface area contributed by atoms with Crippen LogP contribution in [0.5, 0.6) is 0 Å². The minimum atomic E-state index is -1.01. The van der Waals surface area contributed by atoms with Crippen molar-refractivity contribution in [3.63, 3.8) is 0 Å². The molecule has 0 aliphatic carbocycles. The monoisotopic (exact) mass is 359 g/mol. The molecule has 8 nitrogen and oxygen atoms in total. The number of carbonyl (C=O) groups excluding carboxylic acids is 3. The smallest absolute Gasteiger partial charge is 0.328 e. The fraction of sp³-hybridized carbons (Fsp3) is 0.444. The number of likely N-dealkylation sites (tertiary alicyclic amines) is 1. The average molecular weight is 359 g/mol. The molecule has 3 atom stereocenters. The van der Waals surface area contributed by atoms with Crippen molar-refractivity contribution in [1.29, 1.82) is 5.26 Å². The number of methoxy groups -OCH3 is 1. The van der Waals surface area contributed by atoms with Crippen molar-refractivity contribution < 1.29 is 24.2 Å². The quantitative estimate of drug-likeness (QED) is 0.699. The Morgan fingerprint density at radius 1 is 1.42 bits per heavy atom. The molecule has 2 amide bonds. The van der Waals surface area contributed by atoms with E-state index in [0.717, 1.165) is 0 Å². The van der Waals surface area contributed by atoms with Gasteiger partial charge in [0.15, 0.2) is 0 Å². The SMILES string of the molecule is COC(=O)[C@@H](Cc1ccccc1C#N)NC(=O)[C@@H]1C[C@@H](O)CN1C(C)=O. The Morgan fingerprint density at radius 3 is 2.73 bits per heavy atom. The molecule has 1 saturated heterocycles. The van der Waals surface area contributed by atoms with Crippen molar-refractivity contribution in [1.82, 2.24) is 10.2 Å². The molecule has 0 unspecified atom stereocenters. The molecule has 1 aromatic carbocycles. The molecule has 1 aliphatic rings. The van der Waals surface area contributed by atoms with E-state index in [0.29, 0.717) is 11.1 Å². The lowest BCUT2D eigenvalue weighted by Crippen LogP contribution is -2.51. The highest BCUT2D eigenvalue weighted by atomic mass is 16.5. The van der Waals surface area contributed by atoms with E-state index in [1.807, 2.05) is 6.07 Å². The fourth-order valence-corrected chi connectivity index (χ4v) is 3.04. The van der Waals surface area contributed by atoms with E-state index in [1.165, 1.54) is 18.9 Å². The van der Waals surface area contributed by atoms with Gasteiger partial charge in [-0.2, -0.15) is 5.26 Å². The van der Waals surface area contributed by atoms with Gasteiger partial charge in [-0.25, -0.2) is 4.79 Å². The number of β-amino-alcohol motifs (C(OH)–C–C–N with tert-alkyl or cyclic N) is 1. The van der Waals surface area contributed by atoms with Gasteiger partial charge in [0.1, 0.15) is 12.1 Å². The Labute approximate surface area is 151 Å². The summed E-state index contributed by atoms with van der Waals surface area (Å²) in [6.07, 6.45) is -0.600. The van der Waals surface area contributed by atoms with E-state index >= 15 is 0 Å². The van der Waals surface area contributed by atoms with Crippen LogP contribution in [-0.4, -0.2) is 59.6 Å². The molecule has 0 radical (unpaired) electrons. The van der Waals surface area contributed by atoms with E-state index in [2.05, 4.69) is 5.32 Å². The summed E-state index contributed by atoms with van der Waals surface area (Å²) in [6, 6.07) is 6.95. The van der Waals surface area contributed by atoms with Crippen LogP contribution in [0.3, 0.4) is 0 Å². The summed E-state index contributed by atoms with van der Waals surface area (Å²) in [7, 11) is 1.21. The minimum Gasteiger partial charge on any atom is -0.467 e. The number of aliphatic hydroxyl groups excluding tert-OH is 1. The van der Waals surface area contributed by atoms with Crippen LogP contribution in [0.4, 0.5) is 0 Å². The molecule has 2 rings (SSSR count). The Kier molecular flexibility index (Phi) is 6.31. The zero-order valence-corrected chi connectivity index (χ0v) is 14.6. The van der Waals surface area contributed by atoms with Gasteiger partial charge in [-0.1, -0.05) is 18.2 Å². The van der Waals surface area contributed by atoms with Gasteiger partial charge in [0.05, 0.1) is 24.8 Å². The largest absolute Gasteiger partial charge is 0.467 e. The number of nitriles is 1. The first-order chi connectivity index (χ1) is 12.4. The maximum atomic E-state index is 12.6. The molecule has 26 heavy (non-hydrogen) atoms. The second-order valence-corrected chi connectivity index (χ2v) is 6.13. The van der Waals surface area contributed by atoms with Crippen molar-refractivity contribution in [2.45, 2.75) is 38.0 Å². The highest BCUT2D eigenvalue weighted by Gasteiger charge is 2.39. The maximum Gasteiger partial charge on any atom is 0.328 e. The van der Waals surface area contributed by atoms with Gasteiger partial charge in [-0.3, -0.25) is 9.59 Å². The Hall–Kier alpha value is -2.92. The summed E-state index contributed by atoms with van der Waals surface area (Å²) in [6.45, 7) is 1.40. The second kappa shape index (κ2) is 8.45. The molecule has 0 bridgehead atoms. The standard InChI is InChI=1S/C18H21N3O5/c1-11(22)21-10-14(23)8-16(21)17(24)20-15(18(25)26-2)7-12-5-3-4-6-13(12)9-19/h3-6,14-16,23H,7-8,10H2,1-2H3,(H,20,24)/t14-,15-,16+/m1/s1. The summed E-state index contributed by atoms with van der Waals surface area (Å²) >= 11 is 0. The third kappa shape index (κ3) is 4.37. The number of ether oxygens (including phenoxy) is 1. The highest BCUT2D eigenvalue weighted by molar-refractivity contribution is 5.91. The summed E-state index contributed by atoms with van der Waals surface area (Å²) in [5, 5.41) is 21.5. The Balaban J connectivity index is 2.18. The zero-order valence-electron chi connectivity index (χ0n) is 14.6. The van der Waals surface area contributed by atoms with Crippen LogP contribution in [0.15, 0.2) is 24.3 Å². The summed E-state index contributed by atoms with van der Waals surface area (Å²) < 4.78 is 4.75. The van der Waals surface area contributed by atoms with E-state index in [4.69, 9.17) is 4.74 Å². The van der Waals surface area contributed by atoms with E-state index in [-0.39, 0.29) is 25.3 Å². The molecule has 1 heterocycles. The van der Waals surface area contributed by atoms with E-state index in [9.17, 15) is 24.8 Å². The summed E-state index contributed by atoms with van der Waals surface area (Å²) in [5.41, 5.74) is 0.998. The molecule has 0 aromatic heterocycles. The van der Waals surface area contributed by atoms with Gasteiger partial charge in [0.2, 0.25) is 11.8 Å². The topological polar surface area (TPSA) is 120 Å². The van der Waals surface area contributed by atoms with Gasteiger partial charge in [0, 0.05) is 26.3 Å². The predicted octanol–water partition coefficient (Wildman–Crippen LogP) is -0.260. The normalized spacial score (nSPS) is 20.2. The molecule has 0 saturated carbocycles. The lowest BCUT2D eigenvalue weighted by atomic mass is 10.0. The van der Waals surface area contributed by atoms with Crippen molar-refractivity contribution in [3.05, 3.63) is 35.4 Å². The number of esters is 1. The van der Waals surface area contributed by atoms with Crippen molar-refractivity contribution >= 4 is 17.8 Å². The van der Waals surface area contributed by atoms with E-state index in [1.54, 1.807) is 24.3 Å². The zero-order chi connectivity index (χ0) is 19.3. The molecule has 0 spiro atoms. The van der Waals surface area contributed by atoms with Gasteiger partial charge in [0.25, 0.3) is 0 Å². The van der Waals surface area contributed by atoms with Crippen LogP contribution >= 0.6 is 0 Å². The number of hydrogen-bond donors (Lipinski definition) is 2. The van der Waals surface area contributed by atoms with Crippen LogP contribution < -0.4 is 5.32 Å². The number of benzene rings is 1. The van der Waals surface area contributed by atoms with Gasteiger partial charge < -0.3 is 20.1 Å². The molecular weight excluding hydrogens is 338 g/mol. The Morgan fingerprint density at radius 2 is 2.12 bits per heavy atom. The van der Waals surface area contributed by atoms with Crippen molar-refractivity contribution in [2.24, 2.45) is 0 Å². The Bertz CT molecular complexity index is 743. The number of carbonyl (C=O) groups is 3. The van der Waals surface area contributed by atoms with Gasteiger partial charge >= 0.3 is 5.97 Å². The van der Waals surface area contributed by atoms with Crippen LogP contribution in [-0.2, 0) is 25.5 Å². The van der Waals surface area contributed by atoms with Gasteiger partial charge in [-0.15, -0.1) is 0 Å². The number of amides is 2. The number of rotatable bonds is 5. The van der Waals surface area contributed by atoms with Crippen LogP contribution in [0, 0.1) is 11.3 Å².